The van der Waals surface area contributed by atoms with Crippen LogP contribution in [0.2, 0.25) is 0 Å². The van der Waals surface area contributed by atoms with E-state index in [4.69, 9.17) is 9.47 Å². The van der Waals surface area contributed by atoms with Crippen molar-refractivity contribution in [2.45, 2.75) is 39.2 Å². The third kappa shape index (κ3) is 6.84. The van der Waals surface area contributed by atoms with Crippen LogP contribution in [0.5, 0.6) is 0 Å². The molecule has 1 atom stereocenters. The first kappa shape index (κ1) is 21.7. The van der Waals surface area contributed by atoms with Crippen LogP contribution in [-0.2, 0) is 19.1 Å². The van der Waals surface area contributed by atoms with Crippen molar-refractivity contribution in [3.05, 3.63) is 24.3 Å². The first-order chi connectivity index (χ1) is 13.2. The van der Waals surface area contributed by atoms with E-state index >= 15 is 0 Å². The zero-order chi connectivity index (χ0) is 20.7. The number of hydrogen-bond donors (Lipinski definition) is 2. The molecule has 8 heteroatoms. The van der Waals surface area contributed by atoms with Crippen molar-refractivity contribution >= 4 is 29.3 Å². The fourth-order valence-electron chi connectivity index (χ4n) is 2.93. The predicted molar refractivity (Wildman–Crippen MR) is 106 cm³/mol. The number of nitrogens with zero attached hydrogens (tertiary/aromatic N) is 1. The van der Waals surface area contributed by atoms with Crippen LogP contribution in [-0.4, -0.2) is 55.2 Å². The van der Waals surface area contributed by atoms with E-state index < -0.39 is 11.7 Å². The molecule has 1 aliphatic heterocycles. The summed E-state index contributed by atoms with van der Waals surface area (Å²) in [6, 6.07) is 6.90. The molecule has 1 unspecified atom stereocenters. The SMILES string of the molecule is COCC(=O)Nc1cccc(NC(=O)C2CCCN(C(=O)OC(C)(C)C)C2)c1. The van der Waals surface area contributed by atoms with Crippen LogP contribution in [0.15, 0.2) is 24.3 Å². The molecule has 1 aliphatic rings. The van der Waals surface area contributed by atoms with Gasteiger partial charge in [0.25, 0.3) is 0 Å². The fraction of sp³-hybridized carbons (Fsp3) is 0.550. The minimum atomic E-state index is -0.569. The Balaban J connectivity index is 1.95. The zero-order valence-corrected chi connectivity index (χ0v) is 16.9. The number of ether oxygens (including phenoxy) is 2. The van der Waals surface area contributed by atoms with E-state index in [0.29, 0.717) is 30.9 Å². The first-order valence-electron chi connectivity index (χ1n) is 9.35. The average molecular weight is 391 g/mol. The van der Waals surface area contributed by atoms with Crippen LogP contribution >= 0.6 is 0 Å². The number of likely N-dealkylation sites (tertiary alicyclic amines) is 1. The van der Waals surface area contributed by atoms with E-state index in [1.165, 1.54) is 7.11 Å². The lowest BCUT2D eigenvalue weighted by Crippen LogP contribution is -2.45. The summed E-state index contributed by atoms with van der Waals surface area (Å²) in [5.41, 5.74) is 0.577. The van der Waals surface area contributed by atoms with Crippen molar-refractivity contribution in [2.75, 3.05) is 37.4 Å². The van der Waals surface area contributed by atoms with Gasteiger partial charge in [-0.15, -0.1) is 0 Å². The maximum atomic E-state index is 12.7. The van der Waals surface area contributed by atoms with Gasteiger partial charge in [-0.1, -0.05) is 6.07 Å². The second kappa shape index (κ2) is 9.54. The number of carbonyl (C=O) groups is 3. The van der Waals surface area contributed by atoms with Gasteiger partial charge in [0.15, 0.2) is 0 Å². The van der Waals surface area contributed by atoms with E-state index in [2.05, 4.69) is 10.6 Å². The summed E-state index contributed by atoms with van der Waals surface area (Å²) in [5.74, 6) is -0.743. The molecule has 154 valence electrons. The number of rotatable bonds is 5. The Kier molecular flexibility index (Phi) is 7.39. The van der Waals surface area contributed by atoms with Crippen LogP contribution in [0.3, 0.4) is 0 Å². The maximum Gasteiger partial charge on any atom is 0.410 e. The molecule has 0 spiro atoms. The molecule has 0 bridgehead atoms. The van der Waals surface area contributed by atoms with Crippen LogP contribution < -0.4 is 10.6 Å². The van der Waals surface area contributed by atoms with Crippen LogP contribution in [0, 0.1) is 5.92 Å². The molecule has 1 aromatic carbocycles. The first-order valence-corrected chi connectivity index (χ1v) is 9.35. The van der Waals surface area contributed by atoms with Gasteiger partial charge in [0, 0.05) is 31.6 Å². The molecule has 3 amide bonds. The van der Waals surface area contributed by atoms with E-state index in [0.717, 1.165) is 6.42 Å². The number of amides is 3. The summed E-state index contributed by atoms with van der Waals surface area (Å²) in [5, 5.41) is 5.56. The number of carbonyl (C=O) groups excluding carboxylic acids is 3. The summed E-state index contributed by atoms with van der Waals surface area (Å²) in [4.78, 5) is 38.1. The average Bonchev–Trinajstić information content (AvgIpc) is 2.61. The predicted octanol–water partition coefficient (Wildman–Crippen LogP) is 2.86. The van der Waals surface area contributed by atoms with Gasteiger partial charge in [0.1, 0.15) is 12.2 Å². The van der Waals surface area contributed by atoms with Crippen molar-refractivity contribution in [1.82, 2.24) is 4.90 Å². The number of piperidine rings is 1. The van der Waals surface area contributed by atoms with Crippen molar-refractivity contribution < 1.29 is 23.9 Å². The van der Waals surface area contributed by atoms with Gasteiger partial charge in [0.05, 0.1) is 5.92 Å². The number of nitrogens with one attached hydrogen (secondary N) is 2. The highest BCUT2D eigenvalue weighted by molar-refractivity contribution is 5.95. The van der Waals surface area contributed by atoms with E-state index in [1.807, 2.05) is 20.8 Å². The summed E-state index contributed by atoms with van der Waals surface area (Å²) >= 11 is 0. The molecule has 2 N–H and O–H groups in total. The lowest BCUT2D eigenvalue weighted by Gasteiger charge is -2.33. The Morgan fingerprint density at radius 1 is 1.18 bits per heavy atom. The lowest BCUT2D eigenvalue weighted by molar-refractivity contribution is -0.121. The largest absolute Gasteiger partial charge is 0.444 e. The summed E-state index contributed by atoms with van der Waals surface area (Å²) in [6.45, 7) is 6.32. The maximum absolute atomic E-state index is 12.7. The molecule has 8 nitrogen and oxygen atoms in total. The second-order valence-corrected chi connectivity index (χ2v) is 7.82. The molecule has 1 aromatic rings. The minimum Gasteiger partial charge on any atom is -0.444 e. The normalized spacial score (nSPS) is 17.0. The van der Waals surface area contributed by atoms with E-state index in [9.17, 15) is 14.4 Å². The molecule has 28 heavy (non-hydrogen) atoms. The van der Waals surface area contributed by atoms with Gasteiger partial charge in [-0.25, -0.2) is 4.79 Å². The molecule has 1 saturated heterocycles. The Bertz CT molecular complexity index is 714. The van der Waals surface area contributed by atoms with Crippen LogP contribution in [0.25, 0.3) is 0 Å². The van der Waals surface area contributed by atoms with Gasteiger partial charge in [0.2, 0.25) is 11.8 Å². The molecule has 0 radical (unpaired) electrons. The Hall–Kier alpha value is -2.61. The second-order valence-electron chi connectivity index (χ2n) is 7.82. The summed E-state index contributed by atoms with van der Waals surface area (Å²) < 4.78 is 10.2. The van der Waals surface area contributed by atoms with Crippen molar-refractivity contribution in [3.63, 3.8) is 0 Å². The van der Waals surface area contributed by atoms with Gasteiger partial charge >= 0.3 is 6.09 Å². The van der Waals surface area contributed by atoms with Crippen LogP contribution in [0.1, 0.15) is 33.6 Å². The fourth-order valence-corrected chi connectivity index (χ4v) is 2.93. The van der Waals surface area contributed by atoms with Gasteiger partial charge < -0.3 is 25.0 Å². The van der Waals surface area contributed by atoms with Gasteiger partial charge in [-0.2, -0.15) is 0 Å². The molecule has 0 saturated carbocycles. The number of methoxy groups -OCH3 is 1. The molecular weight excluding hydrogens is 362 g/mol. The highest BCUT2D eigenvalue weighted by Crippen LogP contribution is 2.22. The molecule has 1 heterocycles. The monoisotopic (exact) mass is 391 g/mol. The minimum absolute atomic E-state index is 0.0425. The lowest BCUT2D eigenvalue weighted by atomic mass is 9.97. The molecular formula is C20H29N3O5. The van der Waals surface area contributed by atoms with Crippen molar-refractivity contribution in [1.29, 1.82) is 0 Å². The highest BCUT2D eigenvalue weighted by atomic mass is 16.6. The third-order valence-electron chi connectivity index (χ3n) is 4.13. The Morgan fingerprint density at radius 3 is 2.50 bits per heavy atom. The van der Waals surface area contributed by atoms with Gasteiger partial charge in [-0.3, -0.25) is 9.59 Å². The van der Waals surface area contributed by atoms with E-state index in [1.54, 1.807) is 29.2 Å². The Morgan fingerprint density at radius 2 is 1.86 bits per heavy atom. The molecule has 2 rings (SSSR count). The topological polar surface area (TPSA) is 97.0 Å². The molecule has 1 fully saturated rings. The van der Waals surface area contributed by atoms with Crippen LogP contribution in [0.4, 0.5) is 16.2 Å². The summed E-state index contributed by atoms with van der Waals surface area (Å²) in [7, 11) is 1.45. The zero-order valence-electron chi connectivity index (χ0n) is 16.9. The highest BCUT2D eigenvalue weighted by Gasteiger charge is 2.31. The quantitative estimate of drug-likeness (QED) is 0.804. The standard InChI is InChI=1S/C20H29N3O5/c1-20(2,3)28-19(26)23-10-6-7-14(12-23)18(25)22-16-9-5-8-15(11-16)21-17(24)13-27-4/h5,8-9,11,14H,6-7,10,12-13H2,1-4H3,(H,21,24)(H,22,25). The smallest absolute Gasteiger partial charge is 0.410 e. The van der Waals surface area contributed by atoms with E-state index in [-0.39, 0.29) is 24.3 Å². The Labute approximate surface area is 165 Å². The third-order valence-corrected chi connectivity index (χ3v) is 4.13. The van der Waals surface area contributed by atoms with Crippen molar-refractivity contribution in [3.8, 4) is 0 Å². The number of benzene rings is 1. The molecule has 0 aromatic heterocycles. The summed E-state index contributed by atoms with van der Waals surface area (Å²) in [6.07, 6.45) is 1.05. The van der Waals surface area contributed by atoms with Gasteiger partial charge in [-0.05, 0) is 51.8 Å². The number of hydrogen-bond acceptors (Lipinski definition) is 5. The number of anilines is 2. The van der Waals surface area contributed by atoms with Crippen molar-refractivity contribution in [2.24, 2.45) is 5.92 Å². The molecule has 0 aliphatic carbocycles.